The molecule has 0 saturated heterocycles. The summed E-state index contributed by atoms with van der Waals surface area (Å²) in [6.45, 7) is 4.65. The fraction of sp³-hybridized carbons (Fsp3) is 0.261. The van der Waals surface area contributed by atoms with E-state index in [9.17, 15) is 4.79 Å². The summed E-state index contributed by atoms with van der Waals surface area (Å²) in [6, 6.07) is 16.5. The molecule has 0 aliphatic carbocycles. The van der Waals surface area contributed by atoms with Crippen LogP contribution in [-0.2, 0) is 0 Å². The van der Waals surface area contributed by atoms with Crippen molar-refractivity contribution in [1.29, 1.82) is 0 Å². The molecule has 7 heteroatoms. The smallest absolute Gasteiger partial charge is 0.322 e. The second-order valence-electron chi connectivity index (χ2n) is 7.23. The summed E-state index contributed by atoms with van der Waals surface area (Å²) < 4.78 is 5.67. The number of hydrogen-bond acceptors (Lipinski definition) is 4. The van der Waals surface area contributed by atoms with Crippen molar-refractivity contribution in [2.24, 2.45) is 0 Å². The molecular formula is C23H23ClN4O2. The average Bonchev–Trinajstić information content (AvgIpc) is 3.23. The predicted octanol–water partition coefficient (Wildman–Crippen LogP) is 5.69. The number of carbonyl (C=O) groups excluding carboxylic acids is 1. The molecule has 1 N–H and O–H groups in total. The second-order valence-corrected chi connectivity index (χ2v) is 7.67. The minimum atomic E-state index is -0.432. The Kier molecular flexibility index (Phi) is 5.86. The molecule has 2 aromatic carbocycles. The lowest BCUT2D eigenvalue weighted by molar-refractivity contribution is 0.204. The van der Waals surface area contributed by atoms with E-state index in [-0.39, 0.29) is 6.03 Å². The third-order valence-corrected chi connectivity index (χ3v) is 5.44. The van der Waals surface area contributed by atoms with E-state index in [1.54, 1.807) is 11.0 Å². The van der Waals surface area contributed by atoms with Crippen molar-refractivity contribution >= 4 is 23.2 Å². The quantitative estimate of drug-likeness (QED) is 0.554. The van der Waals surface area contributed by atoms with Crippen LogP contribution in [0.4, 0.5) is 4.79 Å². The third-order valence-electron chi connectivity index (χ3n) is 5.20. The van der Waals surface area contributed by atoms with Gasteiger partial charge in [0.25, 0.3) is 5.89 Å². The number of nitrogens with one attached hydrogen (secondary N) is 1. The second kappa shape index (κ2) is 8.71. The minimum Gasteiger partial charge on any atom is -0.334 e. The highest BCUT2D eigenvalue weighted by atomic mass is 35.5. The Morgan fingerprint density at radius 2 is 1.97 bits per heavy atom. The van der Waals surface area contributed by atoms with Crippen LogP contribution in [-0.4, -0.2) is 27.6 Å². The molecule has 1 aliphatic heterocycles. The molecule has 0 spiro atoms. The molecule has 1 aliphatic rings. The summed E-state index contributed by atoms with van der Waals surface area (Å²) in [5, 5.41) is 7.86. The lowest BCUT2D eigenvalue weighted by Gasteiger charge is -2.35. The number of amides is 2. The maximum atomic E-state index is 12.9. The summed E-state index contributed by atoms with van der Waals surface area (Å²) in [5.74, 6) is 0.894. The van der Waals surface area contributed by atoms with Crippen molar-refractivity contribution in [3.8, 4) is 11.4 Å². The zero-order valence-corrected chi connectivity index (χ0v) is 17.7. The van der Waals surface area contributed by atoms with Gasteiger partial charge in [-0.2, -0.15) is 4.98 Å². The highest BCUT2D eigenvalue weighted by Gasteiger charge is 2.35. The molecule has 0 radical (unpaired) electrons. The van der Waals surface area contributed by atoms with E-state index in [1.165, 1.54) is 0 Å². The Labute approximate surface area is 180 Å². The lowest BCUT2D eigenvalue weighted by atomic mass is 9.94. The van der Waals surface area contributed by atoms with Crippen molar-refractivity contribution < 1.29 is 9.32 Å². The van der Waals surface area contributed by atoms with Gasteiger partial charge in [0.2, 0.25) is 5.82 Å². The Morgan fingerprint density at radius 1 is 1.17 bits per heavy atom. The van der Waals surface area contributed by atoms with Crippen LogP contribution in [0.15, 0.2) is 64.8 Å². The molecule has 1 unspecified atom stereocenters. The van der Waals surface area contributed by atoms with E-state index in [0.717, 1.165) is 35.2 Å². The van der Waals surface area contributed by atoms with Gasteiger partial charge in [0.15, 0.2) is 0 Å². The number of benzene rings is 2. The Hall–Kier alpha value is -3.12. The molecular weight excluding hydrogens is 400 g/mol. The highest BCUT2D eigenvalue weighted by molar-refractivity contribution is 6.30. The number of urea groups is 1. The molecule has 1 atom stereocenters. The summed E-state index contributed by atoms with van der Waals surface area (Å²) >= 11 is 6.22. The first-order valence-corrected chi connectivity index (χ1v) is 10.4. The fourth-order valence-corrected chi connectivity index (χ4v) is 3.82. The predicted molar refractivity (Wildman–Crippen MR) is 117 cm³/mol. The van der Waals surface area contributed by atoms with E-state index in [2.05, 4.69) is 22.4 Å². The number of rotatable bonds is 6. The monoisotopic (exact) mass is 422 g/mol. The molecule has 154 valence electrons. The maximum Gasteiger partial charge on any atom is 0.322 e. The van der Waals surface area contributed by atoms with Crippen LogP contribution >= 0.6 is 11.6 Å². The summed E-state index contributed by atoms with van der Waals surface area (Å²) in [7, 11) is 0. The van der Waals surface area contributed by atoms with Crippen LogP contribution in [0.25, 0.3) is 17.0 Å². The van der Waals surface area contributed by atoms with Crippen molar-refractivity contribution in [2.45, 2.75) is 32.7 Å². The first-order valence-electron chi connectivity index (χ1n) is 10.0. The highest BCUT2D eigenvalue weighted by Crippen LogP contribution is 2.38. The summed E-state index contributed by atoms with van der Waals surface area (Å²) in [5.41, 5.74) is 3.32. The number of unbranched alkanes of at least 4 members (excludes halogenated alkanes) is 1. The standard InChI is InChI=1S/C23H23ClN4O2/c1-3-4-13-28-15(2)19(20(25-23(28)29)17-11-8-12-18(24)14-17)22-26-21(27-30-22)16-9-6-5-7-10-16/h5-12,14,20H,3-4,13H2,1-2H3,(H,25,29). The molecule has 0 saturated carbocycles. The van der Waals surface area contributed by atoms with Gasteiger partial charge in [-0.25, -0.2) is 4.79 Å². The topological polar surface area (TPSA) is 71.3 Å². The molecule has 2 heterocycles. The van der Waals surface area contributed by atoms with Gasteiger partial charge in [-0.3, -0.25) is 4.90 Å². The maximum absolute atomic E-state index is 12.9. The third kappa shape index (κ3) is 3.96. The van der Waals surface area contributed by atoms with Gasteiger partial charge in [-0.05, 0) is 31.0 Å². The zero-order valence-electron chi connectivity index (χ0n) is 16.9. The van der Waals surface area contributed by atoms with E-state index >= 15 is 0 Å². The average molecular weight is 423 g/mol. The normalized spacial score (nSPS) is 16.7. The van der Waals surface area contributed by atoms with Gasteiger partial charge in [0, 0.05) is 22.8 Å². The minimum absolute atomic E-state index is 0.141. The molecule has 2 amide bonds. The van der Waals surface area contributed by atoms with E-state index in [4.69, 9.17) is 16.1 Å². The Morgan fingerprint density at radius 3 is 2.70 bits per heavy atom. The van der Waals surface area contributed by atoms with Crippen LogP contribution in [0.2, 0.25) is 5.02 Å². The molecule has 1 aromatic heterocycles. The largest absolute Gasteiger partial charge is 0.334 e. The number of carbonyl (C=O) groups is 1. The first kappa shape index (κ1) is 20.2. The first-order chi connectivity index (χ1) is 14.6. The number of allylic oxidation sites excluding steroid dienone is 1. The number of aromatic nitrogens is 2. The number of hydrogen-bond donors (Lipinski definition) is 1. The Bertz CT molecular complexity index is 1080. The summed E-state index contributed by atoms with van der Waals surface area (Å²) in [6.07, 6.45) is 1.89. The van der Waals surface area contributed by atoms with Gasteiger partial charge in [0.05, 0.1) is 11.6 Å². The van der Waals surface area contributed by atoms with Gasteiger partial charge in [-0.15, -0.1) is 0 Å². The van der Waals surface area contributed by atoms with E-state index < -0.39 is 6.04 Å². The van der Waals surface area contributed by atoms with Gasteiger partial charge < -0.3 is 9.84 Å². The van der Waals surface area contributed by atoms with Crippen molar-refractivity contribution in [2.75, 3.05) is 6.54 Å². The fourth-order valence-electron chi connectivity index (χ4n) is 3.62. The van der Waals surface area contributed by atoms with Crippen LogP contribution in [0.1, 0.15) is 44.2 Å². The zero-order chi connectivity index (χ0) is 21.1. The molecule has 4 rings (SSSR count). The van der Waals surface area contributed by atoms with Crippen molar-refractivity contribution in [3.05, 3.63) is 76.8 Å². The summed E-state index contributed by atoms with van der Waals surface area (Å²) in [4.78, 5) is 19.3. The number of halogens is 1. The van der Waals surface area contributed by atoms with Crippen LogP contribution in [0, 0.1) is 0 Å². The lowest BCUT2D eigenvalue weighted by Crippen LogP contribution is -2.46. The molecule has 0 bridgehead atoms. The van der Waals surface area contributed by atoms with E-state index in [1.807, 2.05) is 55.5 Å². The molecule has 3 aromatic rings. The van der Waals surface area contributed by atoms with Crippen molar-refractivity contribution in [3.63, 3.8) is 0 Å². The van der Waals surface area contributed by atoms with E-state index in [0.29, 0.717) is 23.3 Å². The van der Waals surface area contributed by atoms with Gasteiger partial charge in [0.1, 0.15) is 0 Å². The van der Waals surface area contributed by atoms with Crippen LogP contribution < -0.4 is 5.32 Å². The SMILES string of the molecule is CCCCN1C(=O)NC(c2cccc(Cl)c2)C(c2nc(-c3ccccc3)no2)=C1C. The van der Waals surface area contributed by atoms with Crippen LogP contribution in [0.5, 0.6) is 0 Å². The molecule has 6 nitrogen and oxygen atoms in total. The molecule has 0 fully saturated rings. The Balaban J connectivity index is 1.81. The van der Waals surface area contributed by atoms with Crippen molar-refractivity contribution in [1.82, 2.24) is 20.4 Å². The van der Waals surface area contributed by atoms with Gasteiger partial charge >= 0.3 is 6.03 Å². The number of nitrogens with zero attached hydrogens (tertiary/aromatic N) is 3. The molecule has 30 heavy (non-hydrogen) atoms. The van der Waals surface area contributed by atoms with Crippen LogP contribution in [0.3, 0.4) is 0 Å². The van der Waals surface area contributed by atoms with Gasteiger partial charge in [-0.1, -0.05) is 72.6 Å².